The first kappa shape index (κ1) is 15.9. The van der Waals surface area contributed by atoms with E-state index in [9.17, 15) is 18.5 Å². The summed E-state index contributed by atoms with van der Waals surface area (Å²) in [5, 5.41) is 10.6. The molecule has 0 fully saturated rings. The van der Waals surface area contributed by atoms with Crippen molar-refractivity contribution >= 4 is 27.3 Å². The largest absolute Gasteiger partial charge is 0.289 e. The van der Waals surface area contributed by atoms with Gasteiger partial charge in [0, 0.05) is 12.1 Å². The minimum Gasteiger partial charge on any atom is -0.258 e. The van der Waals surface area contributed by atoms with Gasteiger partial charge in [-0.2, -0.15) is 0 Å². The van der Waals surface area contributed by atoms with Gasteiger partial charge in [0.2, 0.25) is 10.0 Å². The SMILES string of the molecule is CC(C)C(C)NS(=O)(=O)c1ccc(Cl)c([N+](=O)[O-])c1. The first-order valence-corrected chi connectivity index (χ1v) is 7.47. The molecule has 0 spiro atoms. The first-order chi connectivity index (χ1) is 8.65. The van der Waals surface area contributed by atoms with Crippen LogP contribution in [0.1, 0.15) is 20.8 Å². The highest BCUT2D eigenvalue weighted by Gasteiger charge is 2.23. The van der Waals surface area contributed by atoms with Crippen LogP contribution in [-0.4, -0.2) is 19.4 Å². The monoisotopic (exact) mass is 306 g/mol. The summed E-state index contributed by atoms with van der Waals surface area (Å²) in [6, 6.07) is 3.12. The smallest absolute Gasteiger partial charge is 0.258 e. The molecule has 0 aromatic heterocycles. The quantitative estimate of drug-likeness (QED) is 0.668. The molecule has 0 amide bonds. The lowest BCUT2D eigenvalue weighted by molar-refractivity contribution is -0.384. The van der Waals surface area contributed by atoms with Crippen molar-refractivity contribution in [3.8, 4) is 0 Å². The van der Waals surface area contributed by atoms with Gasteiger partial charge in [0.05, 0.1) is 9.82 Å². The topological polar surface area (TPSA) is 89.3 Å². The van der Waals surface area contributed by atoms with Crippen molar-refractivity contribution in [1.29, 1.82) is 0 Å². The normalized spacial score (nSPS) is 13.5. The summed E-state index contributed by atoms with van der Waals surface area (Å²) in [4.78, 5) is 9.85. The van der Waals surface area contributed by atoms with E-state index < -0.39 is 20.6 Å². The molecule has 19 heavy (non-hydrogen) atoms. The summed E-state index contributed by atoms with van der Waals surface area (Å²) < 4.78 is 26.6. The van der Waals surface area contributed by atoms with Crippen molar-refractivity contribution in [2.24, 2.45) is 5.92 Å². The molecule has 1 aromatic carbocycles. The maximum Gasteiger partial charge on any atom is 0.289 e. The van der Waals surface area contributed by atoms with Gasteiger partial charge in [-0.25, -0.2) is 13.1 Å². The van der Waals surface area contributed by atoms with E-state index in [0.717, 1.165) is 6.07 Å². The molecule has 0 aliphatic rings. The molecule has 1 atom stereocenters. The number of sulfonamides is 1. The Labute approximate surface area is 117 Å². The third kappa shape index (κ3) is 3.89. The predicted molar refractivity (Wildman–Crippen MR) is 72.7 cm³/mol. The molecule has 1 unspecified atom stereocenters. The molecule has 0 saturated carbocycles. The maximum atomic E-state index is 12.1. The zero-order valence-corrected chi connectivity index (χ0v) is 12.3. The molecule has 0 radical (unpaired) electrons. The Morgan fingerprint density at radius 2 is 1.89 bits per heavy atom. The lowest BCUT2D eigenvalue weighted by Crippen LogP contribution is -2.36. The molecule has 0 bridgehead atoms. The molecule has 0 saturated heterocycles. The van der Waals surface area contributed by atoms with Crippen LogP contribution in [0, 0.1) is 16.0 Å². The number of hydrogen-bond acceptors (Lipinski definition) is 4. The molecule has 0 heterocycles. The number of hydrogen-bond donors (Lipinski definition) is 1. The van der Waals surface area contributed by atoms with E-state index in [1.54, 1.807) is 6.92 Å². The fraction of sp³-hybridized carbons (Fsp3) is 0.455. The Bertz CT molecular complexity index is 586. The van der Waals surface area contributed by atoms with E-state index in [-0.39, 0.29) is 21.9 Å². The van der Waals surface area contributed by atoms with Gasteiger partial charge in [0.25, 0.3) is 5.69 Å². The van der Waals surface area contributed by atoms with Crippen molar-refractivity contribution < 1.29 is 13.3 Å². The summed E-state index contributed by atoms with van der Waals surface area (Å²) in [7, 11) is -3.79. The zero-order valence-electron chi connectivity index (χ0n) is 10.8. The van der Waals surface area contributed by atoms with Gasteiger partial charge in [0.15, 0.2) is 0 Å². The molecule has 1 aromatic rings. The van der Waals surface area contributed by atoms with Crippen LogP contribution in [0.15, 0.2) is 23.1 Å². The molecular formula is C11H15ClN2O4S. The third-order valence-electron chi connectivity index (χ3n) is 2.77. The Morgan fingerprint density at radius 1 is 1.32 bits per heavy atom. The average molecular weight is 307 g/mol. The minimum absolute atomic E-state index is 0.0964. The highest BCUT2D eigenvalue weighted by atomic mass is 35.5. The van der Waals surface area contributed by atoms with Crippen molar-refractivity contribution in [3.05, 3.63) is 33.3 Å². The lowest BCUT2D eigenvalue weighted by atomic mass is 10.1. The van der Waals surface area contributed by atoms with Crippen molar-refractivity contribution in [2.75, 3.05) is 0 Å². The van der Waals surface area contributed by atoms with E-state index in [0.29, 0.717) is 0 Å². The standard InChI is InChI=1S/C11H15ClN2O4S/c1-7(2)8(3)13-19(17,18)9-4-5-10(12)11(6-9)14(15)16/h4-8,13H,1-3H3. The van der Waals surface area contributed by atoms with Crippen molar-refractivity contribution in [3.63, 3.8) is 0 Å². The summed E-state index contributed by atoms with van der Waals surface area (Å²) >= 11 is 5.64. The Hall–Kier alpha value is -1.18. The van der Waals surface area contributed by atoms with Gasteiger partial charge >= 0.3 is 0 Å². The second-order valence-electron chi connectivity index (χ2n) is 4.52. The Kier molecular flexibility index (Phi) is 4.89. The fourth-order valence-electron chi connectivity index (χ4n) is 1.25. The second-order valence-corrected chi connectivity index (χ2v) is 6.65. The number of benzene rings is 1. The Balaban J connectivity index is 3.16. The molecule has 0 aliphatic heterocycles. The van der Waals surface area contributed by atoms with Gasteiger partial charge in [0.1, 0.15) is 5.02 Å². The first-order valence-electron chi connectivity index (χ1n) is 5.61. The summed E-state index contributed by atoms with van der Waals surface area (Å²) in [6.45, 7) is 5.47. The number of halogens is 1. The van der Waals surface area contributed by atoms with Crippen LogP contribution < -0.4 is 4.72 Å². The van der Waals surface area contributed by atoms with Crippen LogP contribution in [0.2, 0.25) is 5.02 Å². The maximum absolute atomic E-state index is 12.1. The second kappa shape index (κ2) is 5.85. The van der Waals surface area contributed by atoms with Gasteiger partial charge in [-0.3, -0.25) is 10.1 Å². The van der Waals surface area contributed by atoms with Crippen molar-refractivity contribution in [2.45, 2.75) is 31.7 Å². The lowest BCUT2D eigenvalue weighted by Gasteiger charge is -2.17. The van der Waals surface area contributed by atoms with E-state index in [1.165, 1.54) is 12.1 Å². The van der Waals surface area contributed by atoms with Gasteiger partial charge in [-0.15, -0.1) is 0 Å². The number of nitro benzene ring substituents is 1. The van der Waals surface area contributed by atoms with E-state index in [1.807, 2.05) is 13.8 Å². The molecular weight excluding hydrogens is 292 g/mol. The minimum atomic E-state index is -3.79. The number of nitrogens with zero attached hydrogens (tertiary/aromatic N) is 1. The molecule has 1 N–H and O–H groups in total. The molecule has 6 nitrogen and oxygen atoms in total. The Morgan fingerprint density at radius 3 is 2.37 bits per heavy atom. The molecule has 8 heteroatoms. The molecule has 0 aliphatic carbocycles. The van der Waals surface area contributed by atoms with Crippen LogP contribution in [0.3, 0.4) is 0 Å². The van der Waals surface area contributed by atoms with Gasteiger partial charge in [-0.1, -0.05) is 25.4 Å². The van der Waals surface area contributed by atoms with Gasteiger partial charge < -0.3 is 0 Å². The third-order valence-corrected chi connectivity index (χ3v) is 4.64. The number of rotatable bonds is 5. The number of nitrogens with one attached hydrogen (secondary N) is 1. The molecule has 106 valence electrons. The number of nitro groups is 1. The van der Waals surface area contributed by atoms with Crippen LogP contribution in [0.4, 0.5) is 5.69 Å². The summed E-state index contributed by atoms with van der Waals surface area (Å²) in [5.41, 5.74) is -0.429. The van der Waals surface area contributed by atoms with Crippen LogP contribution in [0.5, 0.6) is 0 Å². The van der Waals surface area contributed by atoms with Crippen LogP contribution in [0.25, 0.3) is 0 Å². The van der Waals surface area contributed by atoms with Crippen LogP contribution >= 0.6 is 11.6 Å². The van der Waals surface area contributed by atoms with E-state index in [2.05, 4.69) is 4.72 Å². The zero-order chi connectivity index (χ0) is 14.8. The van der Waals surface area contributed by atoms with E-state index >= 15 is 0 Å². The summed E-state index contributed by atoms with van der Waals surface area (Å²) in [5.74, 6) is 0.108. The van der Waals surface area contributed by atoms with Crippen molar-refractivity contribution in [1.82, 2.24) is 4.72 Å². The summed E-state index contributed by atoms with van der Waals surface area (Å²) in [6.07, 6.45) is 0. The molecule has 1 rings (SSSR count). The van der Waals surface area contributed by atoms with E-state index in [4.69, 9.17) is 11.6 Å². The van der Waals surface area contributed by atoms with Crippen LogP contribution in [-0.2, 0) is 10.0 Å². The fourth-order valence-corrected chi connectivity index (χ4v) is 2.85. The highest BCUT2D eigenvalue weighted by molar-refractivity contribution is 7.89. The predicted octanol–water partition coefficient (Wildman–Crippen LogP) is 2.57. The average Bonchev–Trinajstić information content (AvgIpc) is 2.27. The highest BCUT2D eigenvalue weighted by Crippen LogP contribution is 2.27. The van der Waals surface area contributed by atoms with Gasteiger partial charge in [-0.05, 0) is 25.0 Å².